The topological polar surface area (TPSA) is 70.4 Å². The lowest BCUT2D eigenvalue weighted by Gasteiger charge is -2.33. The second-order valence-corrected chi connectivity index (χ2v) is 15.5. The predicted molar refractivity (Wildman–Crippen MR) is 166 cm³/mol. The molecule has 1 aliphatic rings. The van der Waals surface area contributed by atoms with E-state index in [-0.39, 0.29) is 52.0 Å². The van der Waals surface area contributed by atoms with Gasteiger partial charge in [-0.05, 0) is 77.0 Å². The van der Waals surface area contributed by atoms with E-state index in [0.717, 1.165) is 41.7 Å². The van der Waals surface area contributed by atoms with Crippen molar-refractivity contribution in [1.29, 1.82) is 0 Å². The van der Waals surface area contributed by atoms with Gasteiger partial charge in [0.15, 0.2) is 4.75 Å². The van der Waals surface area contributed by atoms with Crippen molar-refractivity contribution in [2.24, 2.45) is 24.3 Å². The van der Waals surface area contributed by atoms with E-state index in [9.17, 15) is 9.59 Å². The monoisotopic (exact) mass is 571 g/mol. The summed E-state index contributed by atoms with van der Waals surface area (Å²) in [5, 5.41) is 0. The van der Waals surface area contributed by atoms with Crippen molar-refractivity contribution >= 4 is 34.0 Å². The first kappa shape index (κ1) is 32.4. The minimum atomic E-state index is -0.662. The number of ether oxygens (including phenoxy) is 1. The van der Waals surface area contributed by atoms with Crippen molar-refractivity contribution in [3.63, 3.8) is 0 Å². The molecule has 1 aliphatic heterocycles. The van der Waals surface area contributed by atoms with Crippen molar-refractivity contribution in [2.45, 2.75) is 111 Å². The molecule has 6 nitrogen and oxygen atoms in total. The number of rotatable bonds is 3. The van der Waals surface area contributed by atoms with Crippen LogP contribution >= 0.6 is 0 Å². The first-order valence-electron chi connectivity index (χ1n) is 14.8. The molecule has 2 aromatic rings. The minimum Gasteiger partial charge on any atom is -0.457 e. The van der Waals surface area contributed by atoms with Crippen LogP contribution in [-0.4, -0.2) is 38.4 Å². The number of allylic oxidation sites excluding steroid dienone is 1. The second-order valence-electron chi connectivity index (χ2n) is 13.2. The van der Waals surface area contributed by atoms with Gasteiger partial charge in [-0.25, -0.2) is 4.98 Å². The van der Waals surface area contributed by atoms with E-state index in [4.69, 9.17) is 8.92 Å². The van der Waals surface area contributed by atoms with Gasteiger partial charge in [-0.1, -0.05) is 45.9 Å². The molecule has 1 aromatic carbocycles. The molecule has 3 rings (SSSR count). The number of imidazole rings is 1. The molecular formula is C33H51N2O4S+. The average molecular weight is 572 g/mol. The number of cyclic esters (lactones) is 1. The zero-order chi connectivity index (χ0) is 29.8. The molecule has 222 valence electrons. The quantitative estimate of drug-likeness (QED) is 0.216. The fraction of sp³-hybridized carbons (Fsp3) is 0.667. The smallest absolute Gasteiger partial charge is 0.306 e. The predicted octanol–water partition coefficient (Wildman–Crippen LogP) is 7.59. The van der Waals surface area contributed by atoms with E-state index in [1.807, 2.05) is 52.9 Å². The molecule has 0 saturated carbocycles. The highest BCUT2D eigenvalue weighted by atomic mass is 32.2. The van der Waals surface area contributed by atoms with Gasteiger partial charge in [0, 0.05) is 31.2 Å². The van der Waals surface area contributed by atoms with E-state index < -0.39 is 11.5 Å². The van der Waals surface area contributed by atoms with Crippen LogP contribution in [0.25, 0.3) is 11.0 Å². The van der Waals surface area contributed by atoms with Crippen molar-refractivity contribution in [2.75, 3.05) is 6.26 Å². The highest BCUT2D eigenvalue weighted by molar-refractivity contribution is 7.93. The Morgan fingerprint density at radius 1 is 1.15 bits per heavy atom. The van der Waals surface area contributed by atoms with Crippen LogP contribution in [-0.2, 0) is 36.7 Å². The Balaban J connectivity index is 1.85. The van der Waals surface area contributed by atoms with Gasteiger partial charge in [0.1, 0.15) is 41.2 Å². The van der Waals surface area contributed by atoms with Crippen LogP contribution in [0.2, 0.25) is 0 Å². The molecule has 1 aromatic heterocycles. The van der Waals surface area contributed by atoms with E-state index in [0.29, 0.717) is 12.8 Å². The number of aryl methyl sites for hydroxylation is 2. The molecule has 40 heavy (non-hydrogen) atoms. The van der Waals surface area contributed by atoms with Gasteiger partial charge in [-0.2, -0.15) is 4.18 Å². The number of hydrogen-bond acceptors (Lipinski definition) is 5. The van der Waals surface area contributed by atoms with E-state index in [1.165, 1.54) is 0 Å². The summed E-state index contributed by atoms with van der Waals surface area (Å²) in [6.07, 6.45) is 10.1. The van der Waals surface area contributed by atoms with Crippen LogP contribution in [0.5, 0.6) is 0 Å². The molecule has 0 amide bonds. The normalized spacial score (nSPS) is 27.4. The fourth-order valence-corrected chi connectivity index (χ4v) is 6.33. The number of carbonyl (C=O) groups is 2. The van der Waals surface area contributed by atoms with Gasteiger partial charge >= 0.3 is 5.97 Å². The molecule has 2 unspecified atom stereocenters. The molecule has 0 saturated heterocycles. The maximum atomic E-state index is 13.8. The summed E-state index contributed by atoms with van der Waals surface area (Å²) in [6, 6.07) is 6.11. The molecule has 7 heteroatoms. The van der Waals surface area contributed by atoms with Crippen LogP contribution in [0.15, 0.2) is 30.4 Å². The summed E-state index contributed by atoms with van der Waals surface area (Å²) in [5.41, 5.74) is 2.23. The number of fused-ring (bicyclic) bond motifs is 1. The second kappa shape index (κ2) is 13.2. The largest absolute Gasteiger partial charge is 0.457 e. The summed E-state index contributed by atoms with van der Waals surface area (Å²) < 4.78 is 14.8. The Bertz CT molecular complexity index is 1210. The van der Waals surface area contributed by atoms with Gasteiger partial charge in [0.25, 0.3) is 0 Å². The van der Waals surface area contributed by atoms with Crippen LogP contribution in [0.1, 0.15) is 104 Å². The first-order chi connectivity index (χ1) is 18.6. The third-order valence-electron chi connectivity index (χ3n) is 8.53. The summed E-state index contributed by atoms with van der Waals surface area (Å²) >= 11 is -0.292. The zero-order valence-corrected chi connectivity index (χ0v) is 27.2. The Kier molecular flexibility index (Phi) is 10.7. The van der Waals surface area contributed by atoms with E-state index in [1.54, 1.807) is 0 Å². The fourth-order valence-electron chi connectivity index (χ4n) is 5.35. The van der Waals surface area contributed by atoms with Crippen molar-refractivity contribution in [1.82, 2.24) is 9.55 Å². The summed E-state index contributed by atoms with van der Waals surface area (Å²) in [4.78, 5) is 31.6. The number of aromatic nitrogens is 2. The number of nitrogens with zero attached hydrogens (tertiary/aromatic N) is 2. The lowest BCUT2D eigenvalue weighted by Crippen LogP contribution is -2.43. The maximum absolute atomic E-state index is 13.8. The van der Waals surface area contributed by atoms with E-state index in [2.05, 4.69) is 55.7 Å². The SMILES string of the molecule is Cc1nc2cc([C@@H]3C/C=C\CCC[C@H](C)C(O[S+](C)C(C)(C)C)[C@@H](C)C(=O)C(C)(C)CCC(=O)O3)ccc2n1C. The Morgan fingerprint density at radius 2 is 1.85 bits per heavy atom. The van der Waals surface area contributed by atoms with Gasteiger partial charge in [-0.3, -0.25) is 9.59 Å². The standard InChI is InChI=1S/C33H51N2O4S/c1-22-15-13-11-12-14-16-28(25-17-18-27-26(21-25)34-24(3)35(27)9)38-29(36)19-20-33(7,8)31(37)23(2)30(22)39-40(10)32(4,5)6/h12,14,17-18,21-23,28,30H,11,13,15-16,19-20H2,1-10H3/q+1/b14-12-/t22-,23+,28-,30?,40?/m0/s1. The van der Waals surface area contributed by atoms with Gasteiger partial charge < -0.3 is 9.30 Å². The average Bonchev–Trinajstić information content (AvgIpc) is 3.17. The van der Waals surface area contributed by atoms with Gasteiger partial charge in [-0.15, -0.1) is 0 Å². The van der Waals surface area contributed by atoms with Gasteiger partial charge in [0.2, 0.25) is 0 Å². The molecule has 5 atom stereocenters. The Morgan fingerprint density at radius 3 is 2.52 bits per heavy atom. The molecule has 0 radical (unpaired) electrons. The highest BCUT2D eigenvalue weighted by Gasteiger charge is 2.43. The molecule has 2 heterocycles. The maximum Gasteiger partial charge on any atom is 0.306 e. The Hall–Kier alpha value is -2.12. The number of carbonyl (C=O) groups excluding carboxylic acids is 2. The van der Waals surface area contributed by atoms with E-state index >= 15 is 0 Å². The number of benzene rings is 1. The van der Waals surface area contributed by atoms with Crippen molar-refractivity contribution < 1.29 is 18.5 Å². The zero-order valence-electron chi connectivity index (χ0n) is 26.4. The van der Waals surface area contributed by atoms with Crippen LogP contribution in [0, 0.1) is 24.2 Å². The first-order valence-corrected chi connectivity index (χ1v) is 16.3. The van der Waals surface area contributed by atoms with Crippen molar-refractivity contribution in [3.8, 4) is 0 Å². The number of esters is 1. The molecular weight excluding hydrogens is 520 g/mol. The Labute approximate surface area is 244 Å². The lowest BCUT2D eigenvalue weighted by atomic mass is 9.74. The number of ketones is 1. The number of Topliss-reactive ketones (excluding diaryl/α,β-unsaturated/α-hetero) is 1. The molecule has 0 N–H and O–H groups in total. The minimum absolute atomic E-state index is 0.0101. The number of hydrogen-bond donors (Lipinski definition) is 0. The molecule has 0 bridgehead atoms. The third kappa shape index (κ3) is 8.00. The molecule has 0 aliphatic carbocycles. The molecule has 0 spiro atoms. The highest BCUT2D eigenvalue weighted by Crippen LogP contribution is 2.35. The third-order valence-corrected chi connectivity index (χ3v) is 10.8. The lowest BCUT2D eigenvalue weighted by molar-refractivity contribution is -0.150. The summed E-state index contributed by atoms with van der Waals surface area (Å²) in [7, 11) is 2.00. The summed E-state index contributed by atoms with van der Waals surface area (Å²) in [5.74, 6) is 0.809. The van der Waals surface area contributed by atoms with Crippen LogP contribution < -0.4 is 0 Å². The van der Waals surface area contributed by atoms with Crippen LogP contribution in [0.4, 0.5) is 0 Å². The van der Waals surface area contributed by atoms with Gasteiger partial charge in [0.05, 0.1) is 11.0 Å². The molecule has 0 fully saturated rings. The summed E-state index contributed by atoms with van der Waals surface area (Å²) in [6.45, 7) is 16.7. The van der Waals surface area contributed by atoms with Crippen molar-refractivity contribution in [3.05, 3.63) is 41.7 Å². The van der Waals surface area contributed by atoms with Crippen LogP contribution in [0.3, 0.4) is 0 Å².